The molecule has 0 bridgehead atoms. The van der Waals surface area contributed by atoms with E-state index in [4.69, 9.17) is 8.85 Å². The van der Waals surface area contributed by atoms with Crippen LogP contribution in [0.3, 0.4) is 0 Å². The second kappa shape index (κ2) is 6.81. The second-order valence-corrected chi connectivity index (χ2v) is 9.10. The molecule has 0 aliphatic rings. The maximum Gasteiger partial charge on any atom is 0.459 e. The van der Waals surface area contributed by atoms with Crippen molar-refractivity contribution in [2.24, 2.45) is 0 Å². The average molecular weight is 300 g/mol. The Morgan fingerprint density at radius 2 is 1.19 bits per heavy atom. The average Bonchev–Trinajstić information content (AvgIpc) is 2.46. The summed E-state index contributed by atoms with van der Waals surface area (Å²) in [4.78, 5) is 0. The van der Waals surface area contributed by atoms with Crippen LogP contribution in [-0.2, 0) is 0 Å². The molecular weight excluding hydrogens is 276 g/mol. The van der Waals surface area contributed by atoms with Crippen LogP contribution in [0.1, 0.15) is 25.0 Å². The molecule has 112 valence electrons. The smallest absolute Gasteiger partial charge is 0.459 e. The first kappa shape index (κ1) is 15.6. The molecule has 0 saturated heterocycles. The van der Waals surface area contributed by atoms with E-state index in [-0.39, 0.29) is 0 Å². The molecule has 0 radical (unpaired) electrons. The van der Waals surface area contributed by atoms with E-state index in [9.17, 15) is 0 Å². The van der Waals surface area contributed by atoms with Gasteiger partial charge in [0.1, 0.15) is 11.5 Å². The van der Waals surface area contributed by atoms with Crippen LogP contribution in [0.5, 0.6) is 11.5 Å². The van der Waals surface area contributed by atoms with E-state index in [0.29, 0.717) is 0 Å². The Morgan fingerprint density at radius 1 is 0.762 bits per heavy atom. The molecule has 0 atom stereocenters. The molecule has 0 aliphatic heterocycles. The molecule has 0 unspecified atom stereocenters. The summed E-state index contributed by atoms with van der Waals surface area (Å²) in [5, 5.41) is 0. The number of benzene rings is 2. The first-order chi connectivity index (χ1) is 10.1. The molecule has 2 aromatic carbocycles. The van der Waals surface area contributed by atoms with Gasteiger partial charge in [0.05, 0.1) is 0 Å². The Balaban J connectivity index is 2.23. The summed E-state index contributed by atoms with van der Waals surface area (Å²) in [7, 11) is -2.27. The van der Waals surface area contributed by atoms with E-state index in [1.165, 1.54) is 11.1 Å². The quantitative estimate of drug-likeness (QED) is 0.679. The molecule has 0 heterocycles. The fourth-order valence-corrected chi connectivity index (χ4v) is 4.58. The van der Waals surface area contributed by atoms with E-state index >= 15 is 0 Å². The van der Waals surface area contributed by atoms with Crippen LogP contribution in [0.15, 0.2) is 48.5 Å². The van der Waals surface area contributed by atoms with E-state index < -0.39 is 8.56 Å². The predicted octanol–water partition coefficient (Wildman–Crippen LogP) is 5.24. The Labute approximate surface area is 129 Å². The summed E-state index contributed by atoms with van der Waals surface area (Å²) >= 11 is 0. The van der Waals surface area contributed by atoms with Gasteiger partial charge in [-0.3, -0.25) is 0 Å². The maximum atomic E-state index is 6.34. The van der Waals surface area contributed by atoms with Crippen molar-refractivity contribution in [3.8, 4) is 11.5 Å². The normalized spacial score (nSPS) is 11.2. The van der Waals surface area contributed by atoms with E-state index in [1.807, 2.05) is 24.3 Å². The van der Waals surface area contributed by atoms with E-state index in [0.717, 1.165) is 23.6 Å². The SMILES string of the molecule is CC[Si](CC)(Oc1cccc(C)c1)Oc1cccc(C)c1. The van der Waals surface area contributed by atoms with E-state index in [1.54, 1.807) is 0 Å². The summed E-state index contributed by atoms with van der Waals surface area (Å²) in [5.74, 6) is 1.83. The molecule has 0 amide bonds. The van der Waals surface area contributed by atoms with Crippen LogP contribution < -0.4 is 8.85 Å². The first-order valence-corrected chi connectivity index (χ1v) is 9.81. The lowest BCUT2D eigenvalue weighted by molar-refractivity contribution is 0.381. The number of hydrogen-bond donors (Lipinski definition) is 0. The Kier molecular flexibility index (Phi) is 5.07. The minimum Gasteiger partial charge on any atom is -0.512 e. The Morgan fingerprint density at radius 3 is 1.52 bits per heavy atom. The van der Waals surface area contributed by atoms with Crippen molar-refractivity contribution >= 4 is 8.56 Å². The molecule has 0 saturated carbocycles. The standard InChI is InChI=1S/C18H24O2Si/c1-5-21(6-2,19-17-11-7-9-15(3)13-17)20-18-12-8-10-16(4)14-18/h7-14H,5-6H2,1-4H3. The van der Waals surface area contributed by atoms with Crippen LogP contribution in [0.2, 0.25) is 12.1 Å². The highest BCUT2D eigenvalue weighted by atomic mass is 28.4. The molecule has 0 aliphatic carbocycles. The number of hydrogen-bond acceptors (Lipinski definition) is 2. The maximum absolute atomic E-state index is 6.34. The highest BCUT2D eigenvalue weighted by Gasteiger charge is 2.38. The second-order valence-electron chi connectivity index (χ2n) is 5.45. The van der Waals surface area contributed by atoms with Gasteiger partial charge >= 0.3 is 8.56 Å². The van der Waals surface area contributed by atoms with Crippen LogP contribution in [0, 0.1) is 13.8 Å². The summed E-state index contributed by atoms with van der Waals surface area (Å²) in [6.07, 6.45) is 0. The van der Waals surface area contributed by atoms with Gasteiger partial charge in [0, 0.05) is 12.1 Å². The van der Waals surface area contributed by atoms with Crippen molar-refractivity contribution in [1.82, 2.24) is 0 Å². The topological polar surface area (TPSA) is 18.5 Å². The van der Waals surface area contributed by atoms with Crippen LogP contribution in [-0.4, -0.2) is 8.56 Å². The van der Waals surface area contributed by atoms with Crippen molar-refractivity contribution in [2.75, 3.05) is 0 Å². The van der Waals surface area contributed by atoms with Gasteiger partial charge in [-0.05, 0) is 49.2 Å². The first-order valence-electron chi connectivity index (χ1n) is 7.58. The molecule has 0 fully saturated rings. The van der Waals surface area contributed by atoms with Crippen LogP contribution in [0.4, 0.5) is 0 Å². The van der Waals surface area contributed by atoms with Crippen molar-refractivity contribution in [1.29, 1.82) is 0 Å². The lowest BCUT2D eigenvalue weighted by atomic mass is 10.2. The molecule has 2 nitrogen and oxygen atoms in total. The minimum atomic E-state index is -2.27. The molecule has 2 rings (SSSR count). The van der Waals surface area contributed by atoms with Crippen LogP contribution in [0.25, 0.3) is 0 Å². The Hall–Kier alpha value is -1.74. The van der Waals surface area contributed by atoms with Gasteiger partial charge in [-0.25, -0.2) is 0 Å². The van der Waals surface area contributed by atoms with Crippen molar-refractivity contribution in [3.63, 3.8) is 0 Å². The summed E-state index contributed by atoms with van der Waals surface area (Å²) < 4.78 is 12.7. The molecule has 0 N–H and O–H groups in total. The third kappa shape index (κ3) is 4.11. The van der Waals surface area contributed by atoms with Gasteiger partial charge < -0.3 is 8.85 Å². The fraction of sp³-hybridized carbons (Fsp3) is 0.333. The third-order valence-corrected chi connectivity index (χ3v) is 7.03. The van der Waals surface area contributed by atoms with Gasteiger partial charge in [0.15, 0.2) is 0 Å². The molecule has 2 aromatic rings. The summed E-state index contributed by atoms with van der Waals surface area (Å²) in [5.41, 5.74) is 2.41. The van der Waals surface area contributed by atoms with Crippen LogP contribution >= 0.6 is 0 Å². The highest BCUT2D eigenvalue weighted by Crippen LogP contribution is 2.26. The molecule has 21 heavy (non-hydrogen) atoms. The summed E-state index contributed by atoms with van der Waals surface area (Å²) in [6.45, 7) is 8.47. The molecular formula is C18H24O2Si. The van der Waals surface area contributed by atoms with E-state index in [2.05, 4.69) is 52.0 Å². The lowest BCUT2D eigenvalue weighted by Gasteiger charge is -2.30. The monoisotopic (exact) mass is 300 g/mol. The number of rotatable bonds is 6. The Bertz CT molecular complexity index is 542. The molecule has 3 heteroatoms. The summed E-state index contributed by atoms with van der Waals surface area (Å²) in [6, 6.07) is 18.2. The van der Waals surface area contributed by atoms with Gasteiger partial charge in [-0.15, -0.1) is 0 Å². The van der Waals surface area contributed by atoms with Gasteiger partial charge in [-0.1, -0.05) is 38.1 Å². The fourth-order valence-electron chi connectivity index (χ4n) is 2.35. The number of aryl methyl sites for hydroxylation is 2. The van der Waals surface area contributed by atoms with Gasteiger partial charge in [0.25, 0.3) is 0 Å². The predicted molar refractivity (Wildman–Crippen MR) is 90.3 cm³/mol. The van der Waals surface area contributed by atoms with Crippen molar-refractivity contribution in [3.05, 3.63) is 59.7 Å². The van der Waals surface area contributed by atoms with Crippen molar-refractivity contribution < 1.29 is 8.85 Å². The zero-order valence-corrected chi connectivity index (χ0v) is 14.3. The highest BCUT2D eigenvalue weighted by molar-refractivity contribution is 6.68. The zero-order valence-electron chi connectivity index (χ0n) is 13.3. The largest absolute Gasteiger partial charge is 0.512 e. The third-order valence-electron chi connectivity index (χ3n) is 3.66. The minimum absolute atomic E-state index is 0.915. The molecule has 0 aromatic heterocycles. The lowest BCUT2D eigenvalue weighted by Crippen LogP contribution is -2.47. The van der Waals surface area contributed by atoms with Gasteiger partial charge in [0.2, 0.25) is 0 Å². The van der Waals surface area contributed by atoms with Gasteiger partial charge in [-0.2, -0.15) is 0 Å². The molecule has 0 spiro atoms. The van der Waals surface area contributed by atoms with Crippen molar-refractivity contribution in [2.45, 2.75) is 39.8 Å². The zero-order chi connectivity index (χ0) is 15.3.